The van der Waals surface area contributed by atoms with Crippen LogP contribution >= 0.6 is 0 Å². The summed E-state index contributed by atoms with van der Waals surface area (Å²) in [6.07, 6.45) is 17.4. The summed E-state index contributed by atoms with van der Waals surface area (Å²) in [4.78, 5) is 0. The van der Waals surface area contributed by atoms with Gasteiger partial charge in [-0.3, -0.25) is 0 Å². The molecule has 0 aromatic heterocycles. The molecule has 0 fully saturated rings. The van der Waals surface area contributed by atoms with Crippen LogP contribution in [0.2, 0.25) is 0 Å². The fraction of sp³-hybridized carbons (Fsp3) is 0.429. The van der Waals surface area contributed by atoms with E-state index >= 15 is 0 Å². The van der Waals surface area contributed by atoms with Crippen LogP contribution < -0.4 is 0 Å². The average molecular weight is 188 g/mol. The maximum absolute atomic E-state index is 2.29. The molecule has 2 rings (SSSR count). The Balaban J connectivity index is 0.000000165. The summed E-state index contributed by atoms with van der Waals surface area (Å²) in [7, 11) is 0. The molecule has 14 heavy (non-hydrogen) atoms. The van der Waals surface area contributed by atoms with Crippen LogP contribution in [0.1, 0.15) is 33.6 Å². The van der Waals surface area contributed by atoms with E-state index in [2.05, 4.69) is 63.3 Å². The molecule has 0 amide bonds. The van der Waals surface area contributed by atoms with E-state index in [1.54, 1.807) is 0 Å². The number of hydrogen-bond acceptors (Lipinski definition) is 0. The topological polar surface area (TPSA) is 0 Å². The second-order valence-electron chi connectivity index (χ2n) is 4.64. The van der Waals surface area contributed by atoms with E-state index in [0.717, 1.165) is 12.8 Å². The molecule has 0 unspecified atom stereocenters. The lowest BCUT2D eigenvalue weighted by molar-refractivity contribution is 0.518. The molecule has 0 heterocycles. The van der Waals surface area contributed by atoms with Crippen molar-refractivity contribution in [2.45, 2.75) is 33.6 Å². The smallest absolute Gasteiger partial charge is 0.0135 e. The molecule has 0 saturated heterocycles. The molecule has 0 aromatic carbocycles. The molecule has 0 aromatic rings. The highest BCUT2D eigenvalue weighted by atomic mass is 14.2. The number of rotatable bonds is 0. The van der Waals surface area contributed by atoms with Crippen molar-refractivity contribution in [2.75, 3.05) is 0 Å². The molecule has 76 valence electrons. The summed E-state index contributed by atoms with van der Waals surface area (Å²) in [5, 5.41) is 0. The Labute approximate surface area is 87.7 Å². The molecule has 0 nitrogen and oxygen atoms in total. The lowest BCUT2D eigenvalue weighted by atomic mass is 9.87. The average Bonchev–Trinajstić information content (AvgIpc) is 2.80. The second kappa shape index (κ2) is 4.99. The highest BCUT2D eigenvalue weighted by Crippen LogP contribution is 2.29. The van der Waals surface area contributed by atoms with E-state index in [9.17, 15) is 0 Å². The summed E-state index contributed by atoms with van der Waals surface area (Å²) in [6, 6.07) is 0. The van der Waals surface area contributed by atoms with Gasteiger partial charge in [-0.05, 0) is 23.8 Å². The van der Waals surface area contributed by atoms with Crippen molar-refractivity contribution in [3.8, 4) is 0 Å². The van der Waals surface area contributed by atoms with E-state index in [1.165, 1.54) is 5.57 Å². The molecule has 0 aliphatic heterocycles. The summed E-state index contributed by atoms with van der Waals surface area (Å²) in [6.45, 7) is 6.73. The Bertz CT molecular complexity index is 270. The third kappa shape index (κ3) is 3.78. The van der Waals surface area contributed by atoms with Gasteiger partial charge in [0.2, 0.25) is 0 Å². The van der Waals surface area contributed by atoms with Crippen molar-refractivity contribution in [3.05, 3.63) is 48.1 Å². The van der Waals surface area contributed by atoms with Crippen molar-refractivity contribution in [3.63, 3.8) is 0 Å². The maximum Gasteiger partial charge on any atom is -0.0135 e. The quantitative estimate of drug-likeness (QED) is 0.528. The van der Waals surface area contributed by atoms with E-state index in [-0.39, 0.29) is 0 Å². The van der Waals surface area contributed by atoms with Crippen LogP contribution in [0.15, 0.2) is 48.1 Å². The van der Waals surface area contributed by atoms with Crippen LogP contribution in [-0.2, 0) is 0 Å². The Morgan fingerprint density at radius 1 is 0.929 bits per heavy atom. The van der Waals surface area contributed by atoms with Crippen LogP contribution in [-0.4, -0.2) is 0 Å². The van der Waals surface area contributed by atoms with Gasteiger partial charge in [-0.2, -0.15) is 0 Å². The molecular weight excluding hydrogens is 168 g/mol. The van der Waals surface area contributed by atoms with Gasteiger partial charge >= 0.3 is 0 Å². The molecule has 2 aliphatic rings. The molecule has 2 aliphatic carbocycles. The van der Waals surface area contributed by atoms with E-state index in [0.29, 0.717) is 5.41 Å². The third-order valence-corrected chi connectivity index (χ3v) is 2.29. The van der Waals surface area contributed by atoms with Gasteiger partial charge in [0.05, 0.1) is 0 Å². The minimum atomic E-state index is 0.354. The Morgan fingerprint density at radius 3 is 1.79 bits per heavy atom. The van der Waals surface area contributed by atoms with Crippen molar-refractivity contribution < 1.29 is 0 Å². The van der Waals surface area contributed by atoms with Gasteiger partial charge in [-0.25, -0.2) is 0 Å². The number of hydrogen-bond donors (Lipinski definition) is 0. The zero-order chi connectivity index (χ0) is 10.4. The van der Waals surface area contributed by atoms with Crippen molar-refractivity contribution >= 4 is 0 Å². The van der Waals surface area contributed by atoms with Crippen molar-refractivity contribution in [1.29, 1.82) is 0 Å². The fourth-order valence-electron chi connectivity index (χ4n) is 1.41. The first-order chi connectivity index (χ1) is 6.61. The van der Waals surface area contributed by atoms with Crippen LogP contribution in [0, 0.1) is 5.41 Å². The normalized spacial score (nSPS) is 18.1. The van der Waals surface area contributed by atoms with Gasteiger partial charge in [-0.1, -0.05) is 63.3 Å². The van der Waals surface area contributed by atoms with E-state index in [4.69, 9.17) is 0 Å². The summed E-state index contributed by atoms with van der Waals surface area (Å²) >= 11 is 0. The first-order valence-corrected chi connectivity index (χ1v) is 5.29. The van der Waals surface area contributed by atoms with Gasteiger partial charge in [0.1, 0.15) is 0 Å². The largest absolute Gasteiger partial charge is 0.0808 e. The van der Waals surface area contributed by atoms with Gasteiger partial charge in [0, 0.05) is 0 Å². The van der Waals surface area contributed by atoms with E-state index in [1.807, 2.05) is 0 Å². The molecule has 0 radical (unpaired) electrons. The Hall–Kier alpha value is -1.04. The molecule has 0 saturated carbocycles. The predicted molar refractivity (Wildman–Crippen MR) is 64.2 cm³/mol. The summed E-state index contributed by atoms with van der Waals surface area (Å²) in [5.41, 5.74) is 1.83. The first-order valence-electron chi connectivity index (χ1n) is 5.29. The molecule has 0 atom stereocenters. The standard InChI is InChI=1S/C9H14.C5H6/c1-9(2,3)8-6-4-5-7-8;1-2-4-5-3-1/h4,6-7H,5H2,1-3H3;1-4H,5H2. The zero-order valence-electron chi connectivity index (χ0n) is 9.46. The van der Waals surface area contributed by atoms with Gasteiger partial charge in [-0.15, -0.1) is 0 Å². The maximum atomic E-state index is 2.29. The lowest BCUT2D eigenvalue weighted by Crippen LogP contribution is -2.05. The van der Waals surface area contributed by atoms with Crippen molar-refractivity contribution in [1.82, 2.24) is 0 Å². The van der Waals surface area contributed by atoms with Gasteiger partial charge < -0.3 is 0 Å². The van der Waals surface area contributed by atoms with Crippen LogP contribution in [0.3, 0.4) is 0 Å². The molecule has 0 N–H and O–H groups in total. The van der Waals surface area contributed by atoms with E-state index < -0.39 is 0 Å². The summed E-state index contributed by atoms with van der Waals surface area (Å²) in [5.74, 6) is 0. The van der Waals surface area contributed by atoms with Crippen LogP contribution in [0.4, 0.5) is 0 Å². The fourth-order valence-corrected chi connectivity index (χ4v) is 1.41. The molecular formula is C14H20. The lowest BCUT2D eigenvalue weighted by Gasteiger charge is -2.18. The molecule has 0 heteroatoms. The predicted octanol–water partition coefficient (Wildman–Crippen LogP) is 4.42. The van der Waals surface area contributed by atoms with Gasteiger partial charge in [0.25, 0.3) is 0 Å². The SMILES string of the molecule is C1=CCC=C1.CC(C)(C)C1=CCC=C1. The van der Waals surface area contributed by atoms with Crippen molar-refractivity contribution in [2.24, 2.45) is 5.41 Å². The summed E-state index contributed by atoms with van der Waals surface area (Å²) < 4.78 is 0. The monoisotopic (exact) mass is 188 g/mol. The van der Waals surface area contributed by atoms with Gasteiger partial charge in [0.15, 0.2) is 0 Å². The highest BCUT2D eigenvalue weighted by Gasteiger charge is 2.15. The highest BCUT2D eigenvalue weighted by molar-refractivity contribution is 5.30. The van der Waals surface area contributed by atoms with Crippen LogP contribution in [0.5, 0.6) is 0 Å². The number of allylic oxidation sites excluding steroid dienone is 8. The molecule has 0 spiro atoms. The Kier molecular flexibility index (Phi) is 3.94. The zero-order valence-corrected chi connectivity index (χ0v) is 9.46. The third-order valence-electron chi connectivity index (χ3n) is 2.29. The second-order valence-corrected chi connectivity index (χ2v) is 4.64. The minimum absolute atomic E-state index is 0.354. The molecule has 0 bridgehead atoms. The van der Waals surface area contributed by atoms with Crippen LogP contribution in [0.25, 0.3) is 0 Å². The Morgan fingerprint density at radius 2 is 1.57 bits per heavy atom. The minimum Gasteiger partial charge on any atom is -0.0808 e. The first kappa shape index (κ1) is 11.0.